The lowest BCUT2D eigenvalue weighted by atomic mass is 10.0. The second-order valence-corrected chi connectivity index (χ2v) is 4.41. The fourth-order valence-corrected chi connectivity index (χ4v) is 0.894. The number of primary amides is 3. The van der Waals surface area contributed by atoms with Crippen molar-refractivity contribution in [3.05, 3.63) is 0 Å². The van der Waals surface area contributed by atoms with Crippen molar-refractivity contribution in [1.29, 1.82) is 0 Å². The summed E-state index contributed by atoms with van der Waals surface area (Å²) >= 11 is 3.26. The molecule has 5 amide bonds. The first-order valence-electron chi connectivity index (χ1n) is 4.54. The Kier molecular flexibility index (Phi) is 8.46. The maximum Gasteiger partial charge on any atom is 0.318 e. The largest absolute Gasteiger partial charge is 0.352 e. The Hall–Kier alpha value is -1.31. The normalized spacial score (nSPS) is 9.69. The molecule has 0 aliphatic heterocycles. The van der Waals surface area contributed by atoms with E-state index in [1.807, 2.05) is 19.2 Å². The number of nitrogens with one attached hydrogen (secondary N) is 1. The molecular formula is C8H17BrN4O3. The van der Waals surface area contributed by atoms with Gasteiger partial charge in [0.25, 0.3) is 0 Å². The van der Waals surface area contributed by atoms with Crippen LogP contribution >= 0.6 is 15.9 Å². The molecule has 0 rings (SSSR count). The van der Waals surface area contributed by atoms with Crippen molar-refractivity contribution in [3.8, 4) is 0 Å². The molecule has 0 aromatic rings. The van der Waals surface area contributed by atoms with Crippen molar-refractivity contribution in [2.75, 3.05) is 0 Å². The average molecular weight is 297 g/mol. The maximum atomic E-state index is 11.3. The van der Waals surface area contributed by atoms with Crippen molar-refractivity contribution in [2.45, 2.75) is 31.0 Å². The van der Waals surface area contributed by atoms with Crippen LogP contribution < -0.4 is 22.5 Å². The Morgan fingerprint density at radius 2 is 1.44 bits per heavy atom. The number of amides is 5. The van der Waals surface area contributed by atoms with Gasteiger partial charge in [-0.05, 0) is 12.8 Å². The Labute approximate surface area is 102 Å². The van der Waals surface area contributed by atoms with Gasteiger partial charge in [0, 0.05) is 0 Å². The summed E-state index contributed by atoms with van der Waals surface area (Å²) in [5, 5.41) is 2.04. The van der Waals surface area contributed by atoms with Crippen LogP contribution in [0.15, 0.2) is 0 Å². The molecule has 0 spiro atoms. The van der Waals surface area contributed by atoms with Crippen molar-refractivity contribution in [2.24, 2.45) is 17.2 Å². The Morgan fingerprint density at radius 1 is 1.12 bits per heavy atom. The highest BCUT2D eigenvalue weighted by Crippen LogP contribution is 2.26. The minimum Gasteiger partial charge on any atom is -0.352 e. The molecule has 0 aromatic heterocycles. The monoisotopic (exact) mass is 296 g/mol. The zero-order valence-corrected chi connectivity index (χ0v) is 10.8. The zero-order valence-electron chi connectivity index (χ0n) is 9.25. The number of carbonyl (C=O) groups excluding carboxylic acids is 3. The number of halogens is 1. The summed E-state index contributed by atoms with van der Waals surface area (Å²) in [6.45, 7) is 3.72. The number of hydrogen-bond acceptors (Lipinski definition) is 3. The van der Waals surface area contributed by atoms with Gasteiger partial charge in [0.1, 0.15) is 4.32 Å². The molecule has 94 valence electrons. The molecule has 7 N–H and O–H groups in total. The fourth-order valence-electron chi connectivity index (χ4n) is 0.795. The van der Waals surface area contributed by atoms with Crippen molar-refractivity contribution in [1.82, 2.24) is 5.32 Å². The molecule has 0 bridgehead atoms. The standard InChI is InChI=1S/C7H13BrN2O2.CH4N2O/c1-3-7(8,4-2)5(11)10-6(9)12;2-1(3)4/h3-4H2,1-2H3,(H3,9,10,11,12);(H4,2,3,4). The lowest BCUT2D eigenvalue weighted by Crippen LogP contribution is -2.46. The first-order valence-corrected chi connectivity index (χ1v) is 5.33. The van der Waals surface area contributed by atoms with E-state index in [0.29, 0.717) is 12.8 Å². The number of urea groups is 2. The van der Waals surface area contributed by atoms with Crippen molar-refractivity contribution in [3.63, 3.8) is 0 Å². The smallest absolute Gasteiger partial charge is 0.318 e. The van der Waals surface area contributed by atoms with E-state index in [0.717, 1.165) is 0 Å². The van der Waals surface area contributed by atoms with Gasteiger partial charge in [-0.2, -0.15) is 0 Å². The van der Waals surface area contributed by atoms with Gasteiger partial charge in [-0.1, -0.05) is 29.8 Å². The molecule has 8 heteroatoms. The molecule has 0 heterocycles. The van der Waals surface area contributed by atoms with Gasteiger partial charge in [0.2, 0.25) is 5.91 Å². The summed E-state index contributed by atoms with van der Waals surface area (Å²) in [5.41, 5.74) is 13.3. The second-order valence-electron chi connectivity index (χ2n) is 2.89. The highest BCUT2D eigenvalue weighted by molar-refractivity contribution is 9.10. The Morgan fingerprint density at radius 3 is 1.62 bits per heavy atom. The van der Waals surface area contributed by atoms with Crippen LogP contribution in [0.5, 0.6) is 0 Å². The molecule has 16 heavy (non-hydrogen) atoms. The van der Waals surface area contributed by atoms with Gasteiger partial charge in [-0.15, -0.1) is 0 Å². The van der Waals surface area contributed by atoms with Gasteiger partial charge < -0.3 is 17.2 Å². The molecule has 0 saturated carbocycles. The van der Waals surface area contributed by atoms with Gasteiger partial charge in [0.15, 0.2) is 0 Å². The number of hydrogen-bond donors (Lipinski definition) is 4. The van der Waals surface area contributed by atoms with Gasteiger partial charge in [-0.25, -0.2) is 9.59 Å². The van der Waals surface area contributed by atoms with E-state index in [1.165, 1.54) is 0 Å². The second kappa shape index (κ2) is 7.91. The van der Waals surface area contributed by atoms with E-state index in [1.54, 1.807) is 0 Å². The van der Waals surface area contributed by atoms with Crippen molar-refractivity contribution < 1.29 is 14.4 Å². The fraction of sp³-hybridized carbons (Fsp3) is 0.625. The maximum absolute atomic E-state index is 11.3. The molecule has 0 aliphatic rings. The van der Waals surface area contributed by atoms with Crippen LogP contribution in [0.4, 0.5) is 9.59 Å². The van der Waals surface area contributed by atoms with Gasteiger partial charge in [0.05, 0.1) is 0 Å². The molecule has 7 nitrogen and oxygen atoms in total. The first kappa shape index (κ1) is 17.1. The molecule has 0 fully saturated rings. The summed E-state index contributed by atoms with van der Waals surface area (Å²) in [6, 6.07) is -1.65. The van der Waals surface area contributed by atoms with E-state index in [2.05, 4.69) is 27.4 Å². The quantitative estimate of drug-likeness (QED) is 0.551. The summed E-state index contributed by atoms with van der Waals surface area (Å²) in [4.78, 5) is 30.6. The van der Waals surface area contributed by atoms with Crippen LogP contribution in [-0.2, 0) is 4.79 Å². The van der Waals surface area contributed by atoms with E-state index >= 15 is 0 Å². The third kappa shape index (κ3) is 8.04. The summed E-state index contributed by atoms with van der Waals surface area (Å²) < 4.78 is -0.665. The third-order valence-electron chi connectivity index (χ3n) is 1.76. The number of carbonyl (C=O) groups is 3. The minimum absolute atomic E-state index is 0.375. The van der Waals surface area contributed by atoms with Crippen LogP contribution in [0, 0.1) is 0 Å². The molecule has 0 atom stereocenters. The van der Waals surface area contributed by atoms with Crippen LogP contribution in [-0.4, -0.2) is 22.3 Å². The lowest BCUT2D eigenvalue weighted by molar-refractivity contribution is -0.122. The van der Waals surface area contributed by atoms with E-state index in [4.69, 9.17) is 10.5 Å². The van der Waals surface area contributed by atoms with E-state index in [9.17, 15) is 9.59 Å². The lowest BCUT2D eigenvalue weighted by Gasteiger charge is -2.21. The molecule has 0 unspecified atom stereocenters. The average Bonchev–Trinajstić information content (AvgIpc) is 2.14. The number of nitrogens with two attached hydrogens (primary N) is 3. The minimum atomic E-state index is -0.833. The third-order valence-corrected chi connectivity index (χ3v) is 3.25. The molecule has 0 saturated heterocycles. The highest BCUT2D eigenvalue weighted by atomic mass is 79.9. The summed E-state index contributed by atoms with van der Waals surface area (Å²) in [7, 11) is 0. The van der Waals surface area contributed by atoms with Crippen LogP contribution in [0.1, 0.15) is 26.7 Å². The van der Waals surface area contributed by atoms with E-state index < -0.39 is 16.4 Å². The number of alkyl halides is 1. The first-order chi connectivity index (χ1) is 7.19. The van der Waals surface area contributed by atoms with E-state index in [-0.39, 0.29) is 5.91 Å². The topological polar surface area (TPSA) is 141 Å². The Bertz CT molecular complexity index is 262. The highest BCUT2D eigenvalue weighted by Gasteiger charge is 2.32. The SMILES string of the molecule is CCC(Br)(CC)C(=O)NC(N)=O.NC(N)=O. The summed E-state index contributed by atoms with van der Waals surface area (Å²) in [5.74, 6) is -0.375. The number of imide groups is 1. The van der Waals surface area contributed by atoms with Crippen LogP contribution in [0.2, 0.25) is 0 Å². The molecule has 0 aromatic carbocycles. The predicted molar refractivity (Wildman–Crippen MR) is 63.7 cm³/mol. The van der Waals surface area contributed by atoms with Gasteiger partial charge in [-0.3, -0.25) is 10.1 Å². The van der Waals surface area contributed by atoms with Gasteiger partial charge >= 0.3 is 12.1 Å². The molecule has 0 radical (unpaired) electrons. The molecular weight excluding hydrogens is 280 g/mol. The zero-order chi connectivity index (χ0) is 13.4. The van der Waals surface area contributed by atoms with Crippen LogP contribution in [0.25, 0.3) is 0 Å². The predicted octanol–water partition coefficient (Wildman–Crippen LogP) is 0.159. The van der Waals surface area contributed by atoms with Crippen molar-refractivity contribution >= 4 is 33.9 Å². The number of rotatable bonds is 3. The van der Waals surface area contributed by atoms with Crippen LogP contribution in [0.3, 0.4) is 0 Å². The summed E-state index contributed by atoms with van der Waals surface area (Å²) in [6.07, 6.45) is 1.23. The molecule has 0 aliphatic carbocycles. The Balaban J connectivity index is 0.